The third-order valence-corrected chi connectivity index (χ3v) is 8.24. The molecule has 164 valence electrons. The van der Waals surface area contributed by atoms with Crippen LogP contribution in [0, 0.1) is 17.2 Å². The minimum absolute atomic E-state index is 0.150. The molecule has 1 fully saturated rings. The maximum Gasteiger partial charge on any atom is 0.243 e. The number of amides is 1. The van der Waals surface area contributed by atoms with Gasteiger partial charge in [-0.25, -0.2) is 13.4 Å². The largest absolute Gasteiger partial charge is 0.302 e. The molecule has 1 N–H and O–H groups in total. The summed E-state index contributed by atoms with van der Waals surface area (Å²) in [5.41, 5.74) is 2.07. The zero-order valence-electron chi connectivity index (χ0n) is 16.9. The molecule has 0 aliphatic carbocycles. The zero-order valence-corrected chi connectivity index (χ0v) is 19.3. The molecule has 0 spiro atoms. The highest BCUT2D eigenvalue weighted by molar-refractivity contribution is 7.89. The number of piperidine rings is 1. The Morgan fingerprint density at radius 2 is 1.78 bits per heavy atom. The number of nitriles is 1. The molecule has 4 rings (SSSR count). The van der Waals surface area contributed by atoms with Crippen LogP contribution in [0.5, 0.6) is 0 Å². The van der Waals surface area contributed by atoms with Crippen molar-refractivity contribution in [3.63, 3.8) is 0 Å². The number of sulfonamides is 1. The maximum absolute atomic E-state index is 12.8. The second kappa shape index (κ2) is 9.38. The summed E-state index contributed by atoms with van der Waals surface area (Å²) in [6, 6.07) is 15.1. The lowest BCUT2D eigenvalue weighted by atomic mass is 9.97. The molecule has 1 aliphatic rings. The van der Waals surface area contributed by atoms with Gasteiger partial charge in [0.05, 0.1) is 22.2 Å². The van der Waals surface area contributed by atoms with Gasteiger partial charge in [-0.15, -0.1) is 11.3 Å². The summed E-state index contributed by atoms with van der Waals surface area (Å²) < 4.78 is 27.1. The first-order valence-corrected chi connectivity index (χ1v) is 12.6. The lowest BCUT2D eigenvalue weighted by Gasteiger charge is -2.30. The summed E-state index contributed by atoms with van der Waals surface area (Å²) in [5.74, 6) is -0.442. The van der Waals surface area contributed by atoms with E-state index in [2.05, 4.69) is 10.3 Å². The second-order valence-electron chi connectivity index (χ2n) is 7.35. The highest BCUT2D eigenvalue weighted by atomic mass is 35.5. The predicted octanol–water partition coefficient (Wildman–Crippen LogP) is 4.37. The molecule has 1 aliphatic heterocycles. The molecule has 1 aromatic heterocycles. The van der Waals surface area contributed by atoms with E-state index in [4.69, 9.17) is 16.9 Å². The lowest BCUT2D eigenvalue weighted by molar-refractivity contribution is -0.120. The first-order valence-electron chi connectivity index (χ1n) is 9.89. The number of rotatable bonds is 5. The van der Waals surface area contributed by atoms with E-state index in [1.54, 1.807) is 12.1 Å². The third kappa shape index (κ3) is 4.84. The molecular formula is C22H19ClN4O3S2. The Bertz CT molecular complexity index is 1260. The molecule has 1 amide bonds. The summed E-state index contributed by atoms with van der Waals surface area (Å²) in [5, 5.41) is 14.8. The Morgan fingerprint density at radius 1 is 1.12 bits per heavy atom. The van der Waals surface area contributed by atoms with Crippen LogP contribution in [0.15, 0.2) is 58.8 Å². The van der Waals surface area contributed by atoms with Crippen molar-refractivity contribution in [2.24, 2.45) is 5.92 Å². The van der Waals surface area contributed by atoms with Crippen LogP contribution >= 0.6 is 22.9 Å². The number of nitrogens with one attached hydrogen (secondary N) is 1. The van der Waals surface area contributed by atoms with E-state index in [1.807, 2.05) is 23.6 Å². The molecule has 1 saturated heterocycles. The molecule has 2 aromatic carbocycles. The molecule has 2 heterocycles. The molecular weight excluding hydrogens is 468 g/mol. The Labute approximate surface area is 195 Å². The number of halogens is 1. The second-order valence-corrected chi connectivity index (χ2v) is 10.6. The smallest absolute Gasteiger partial charge is 0.243 e. The fraction of sp³-hybridized carbons (Fsp3) is 0.227. The normalized spacial score (nSPS) is 15.2. The Morgan fingerprint density at radius 3 is 2.41 bits per heavy atom. The van der Waals surface area contributed by atoms with Crippen molar-refractivity contribution in [1.29, 1.82) is 5.26 Å². The van der Waals surface area contributed by atoms with E-state index in [9.17, 15) is 13.2 Å². The monoisotopic (exact) mass is 486 g/mol. The van der Waals surface area contributed by atoms with Gasteiger partial charge in [0.25, 0.3) is 0 Å². The zero-order chi connectivity index (χ0) is 22.7. The molecule has 3 aromatic rings. The van der Waals surface area contributed by atoms with Gasteiger partial charge in [-0.05, 0) is 49.2 Å². The SMILES string of the molecule is N#Cc1ccc(S(=O)(=O)N2CCC(C(=O)Nc3nc(-c4ccc(Cl)cc4)cs3)CC2)cc1. The van der Waals surface area contributed by atoms with E-state index in [0.717, 1.165) is 11.3 Å². The van der Waals surface area contributed by atoms with Crippen LogP contribution in [0.4, 0.5) is 5.13 Å². The van der Waals surface area contributed by atoms with E-state index in [-0.39, 0.29) is 29.8 Å². The number of carbonyl (C=O) groups excluding carboxylic acids is 1. The predicted molar refractivity (Wildman–Crippen MR) is 124 cm³/mol. The van der Waals surface area contributed by atoms with Crippen molar-refractivity contribution in [2.75, 3.05) is 18.4 Å². The summed E-state index contributed by atoms with van der Waals surface area (Å²) >= 11 is 7.26. The molecule has 0 bridgehead atoms. The average Bonchev–Trinajstić information content (AvgIpc) is 3.28. The highest BCUT2D eigenvalue weighted by Gasteiger charge is 2.32. The van der Waals surface area contributed by atoms with Crippen molar-refractivity contribution in [3.05, 3.63) is 64.5 Å². The van der Waals surface area contributed by atoms with Gasteiger partial charge >= 0.3 is 0 Å². The van der Waals surface area contributed by atoms with Crippen molar-refractivity contribution in [3.8, 4) is 17.3 Å². The highest BCUT2D eigenvalue weighted by Crippen LogP contribution is 2.28. The van der Waals surface area contributed by atoms with Crippen LogP contribution in [0.1, 0.15) is 18.4 Å². The molecule has 7 nitrogen and oxygen atoms in total. The van der Waals surface area contributed by atoms with Crippen molar-refractivity contribution >= 4 is 44.0 Å². The number of aromatic nitrogens is 1. The van der Waals surface area contributed by atoms with Gasteiger partial charge in [0, 0.05) is 35.0 Å². The minimum atomic E-state index is -3.65. The van der Waals surface area contributed by atoms with Gasteiger partial charge in [0.15, 0.2) is 5.13 Å². The number of hydrogen-bond acceptors (Lipinski definition) is 6. The van der Waals surface area contributed by atoms with E-state index in [0.29, 0.717) is 28.6 Å². The molecule has 0 radical (unpaired) electrons. The minimum Gasteiger partial charge on any atom is -0.302 e. The van der Waals surface area contributed by atoms with E-state index >= 15 is 0 Å². The number of anilines is 1. The number of hydrogen-bond donors (Lipinski definition) is 1. The third-order valence-electron chi connectivity index (χ3n) is 5.32. The van der Waals surface area contributed by atoms with E-state index in [1.165, 1.54) is 39.9 Å². The molecule has 10 heteroatoms. The maximum atomic E-state index is 12.8. The standard InChI is InChI=1S/C22H19ClN4O3S2/c23-18-5-3-16(4-6-18)20-14-31-22(25-20)26-21(28)17-9-11-27(12-10-17)32(29,30)19-7-1-15(13-24)2-8-19/h1-8,14,17H,9-12H2,(H,25,26,28). The van der Waals surface area contributed by atoms with Gasteiger partial charge < -0.3 is 5.32 Å². The van der Waals surface area contributed by atoms with Crippen molar-refractivity contribution in [1.82, 2.24) is 9.29 Å². The summed E-state index contributed by atoms with van der Waals surface area (Å²) in [6.45, 7) is 0.516. The van der Waals surface area contributed by atoms with Gasteiger partial charge in [-0.3, -0.25) is 4.79 Å². The van der Waals surface area contributed by atoms with Crippen LogP contribution in [0.3, 0.4) is 0 Å². The van der Waals surface area contributed by atoms with Gasteiger partial charge in [0.1, 0.15) is 0 Å². The molecule has 0 atom stereocenters. The topological polar surface area (TPSA) is 103 Å². The van der Waals surface area contributed by atoms with Crippen LogP contribution in [-0.4, -0.2) is 36.7 Å². The van der Waals surface area contributed by atoms with Crippen molar-refractivity contribution in [2.45, 2.75) is 17.7 Å². The quantitative estimate of drug-likeness (QED) is 0.576. The summed E-state index contributed by atoms with van der Waals surface area (Å²) in [7, 11) is -3.65. The van der Waals surface area contributed by atoms with E-state index < -0.39 is 10.0 Å². The number of thiazole rings is 1. The van der Waals surface area contributed by atoms with Gasteiger partial charge in [-0.2, -0.15) is 9.57 Å². The number of benzene rings is 2. The van der Waals surface area contributed by atoms with Gasteiger partial charge in [0.2, 0.25) is 15.9 Å². The number of nitrogens with zero attached hydrogens (tertiary/aromatic N) is 3. The Hall–Kier alpha value is -2.77. The fourth-order valence-corrected chi connectivity index (χ4v) is 5.82. The van der Waals surface area contributed by atoms with Gasteiger partial charge in [-0.1, -0.05) is 23.7 Å². The first kappa shape index (κ1) is 22.4. The average molecular weight is 487 g/mol. The van der Waals surface area contributed by atoms with Crippen molar-refractivity contribution < 1.29 is 13.2 Å². The Kier molecular flexibility index (Phi) is 6.58. The van der Waals surface area contributed by atoms with Crippen LogP contribution in [0.25, 0.3) is 11.3 Å². The molecule has 0 saturated carbocycles. The van der Waals surface area contributed by atoms with Crippen LogP contribution in [-0.2, 0) is 14.8 Å². The van der Waals surface area contributed by atoms with Crippen LogP contribution < -0.4 is 5.32 Å². The summed E-state index contributed by atoms with van der Waals surface area (Å²) in [4.78, 5) is 17.3. The first-order chi connectivity index (χ1) is 15.4. The summed E-state index contributed by atoms with van der Waals surface area (Å²) in [6.07, 6.45) is 0.855. The lowest BCUT2D eigenvalue weighted by Crippen LogP contribution is -2.41. The molecule has 0 unspecified atom stereocenters. The van der Waals surface area contributed by atoms with Crippen LogP contribution in [0.2, 0.25) is 5.02 Å². The molecule has 32 heavy (non-hydrogen) atoms. The Balaban J connectivity index is 1.35. The number of carbonyl (C=O) groups is 1. The fourth-order valence-electron chi connectivity index (χ4n) is 3.50.